The van der Waals surface area contributed by atoms with Gasteiger partial charge in [-0.25, -0.2) is 4.39 Å². The van der Waals surface area contributed by atoms with Crippen LogP contribution in [0.3, 0.4) is 0 Å². The van der Waals surface area contributed by atoms with Gasteiger partial charge in [-0.1, -0.05) is 29.8 Å². The van der Waals surface area contributed by atoms with E-state index in [1.54, 1.807) is 18.2 Å². The summed E-state index contributed by atoms with van der Waals surface area (Å²) in [6.07, 6.45) is -0.0168. The van der Waals surface area contributed by atoms with Crippen molar-refractivity contribution >= 4 is 23.3 Å². The zero-order chi connectivity index (χ0) is 15.2. The van der Waals surface area contributed by atoms with Crippen molar-refractivity contribution in [3.63, 3.8) is 0 Å². The second kappa shape index (κ2) is 7.09. The smallest absolute Gasteiger partial charge is 0.305 e. The Morgan fingerprint density at radius 3 is 2.62 bits per heavy atom. The third-order valence-electron chi connectivity index (χ3n) is 3.03. The summed E-state index contributed by atoms with van der Waals surface area (Å²) < 4.78 is 13.4. The van der Waals surface area contributed by atoms with Gasteiger partial charge in [-0.2, -0.15) is 0 Å². The summed E-state index contributed by atoms with van der Waals surface area (Å²) in [5, 5.41) is 9.47. The van der Waals surface area contributed by atoms with Gasteiger partial charge >= 0.3 is 5.97 Å². The van der Waals surface area contributed by atoms with Gasteiger partial charge in [0.1, 0.15) is 5.82 Å². The quantitative estimate of drug-likeness (QED) is 0.878. The molecular formula is C16H15ClFNO2. The molecule has 0 bridgehead atoms. The number of hydrogen-bond donors (Lipinski definition) is 1. The van der Waals surface area contributed by atoms with E-state index in [0.29, 0.717) is 23.8 Å². The van der Waals surface area contributed by atoms with Crippen LogP contribution < -0.4 is 4.90 Å². The average Bonchev–Trinajstić information content (AvgIpc) is 2.43. The van der Waals surface area contributed by atoms with Crippen LogP contribution in [0.2, 0.25) is 5.02 Å². The van der Waals surface area contributed by atoms with E-state index in [0.717, 1.165) is 5.56 Å². The van der Waals surface area contributed by atoms with Crippen molar-refractivity contribution in [3.8, 4) is 0 Å². The molecule has 0 aliphatic carbocycles. The lowest BCUT2D eigenvalue weighted by Gasteiger charge is -2.24. The van der Waals surface area contributed by atoms with Crippen LogP contribution in [-0.4, -0.2) is 17.6 Å². The molecule has 0 radical (unpaired) electrons. The number of halogens is 2. The maximum atomic E-state index is 13.4. The third-order valence-corrected chi connectivity index (χ3v) is 3.27. The van der Waals surface area contributed by atoms with Gasteiger partial charge in [-0.15, -0.1) is 0 Å². The fourth-order valence-electron chi connectivity index (χ4n) is 2.06. The lowest BCUT2D eigenvalue weighted by molar-refractivity contribution is -0.136. The number of benzene rings is 2. The van der Waals surface area contributed by atoms with Gasteiger partial charge in [-0.3, -0.25) is 4.79 Å². The summed E-state index contributed by atoms with van der Waals surface area (Å²) in [6.45, 7) is 0.766. The summed E-state index contributed by atoms with van der Waals surface area (Å²) in [7, 11) is 0. The first-order valence-electron chi connectivity index (χ1n) is 6.51. The van der Waals surface area contributed by atoms with E-state index < -0.39 is 5.97 Å². The predicted molar refractivity (Wildman–Crippen MR) is 81.2 cm³/mol. The minimum absolute atomic E-state index is 0.0168. The van der Waals surface area contributed by atoms with Crippen LogP contribution in [0.15, 0.2) is 48.5 Å². The van der Waals surface area contributed by atoms with Crippen molar-refractivity contribution in [1.29, 1.82) is 0 Å². The summed E-state index contributed by atoms with van der Waals surface area (Å²) in [4.78, 5) is 12.6. The van der Waals surface area contributed by atoms with Crippen LogP contribution in [0, 0.1) is 5.82 Å². The van der Waals surface area contributed by atoms with Gasteiger partial charge in [0, 0.05) is 23.8 Å². The molecule has 0 aliphatic rings. The zero-order valence-electron chi connectivity index (χ0n) is 11.3. The average molecular weight is 308 g/mol. The molecule has 0 amide bonds. The van der Waals surface area contributed by atoms with Crippen LogP contribution in [0.5, 0.6) is 0 Å². The standard InChI is InChI=1S/C16H15ClFNO2/c17-13-4-1-3-12(9-13)11-19(8-7-16(20)21)15-6-2-5-14(18)10-15/h1-6,9-10H,7-8,11H2,(H,20,21). The molecule has 2 aromatic carbocycles. The highest BCUT2D eigenvalue weighted by Crippen LogP contribution is 2.20. The molecule has 110 valence electrons. The fraction of sp³-hybridized carbons (Fsp3) is 0.188. The van der Waals surface area contributed by atoms with Gasteiger partial charge in [0.05, 0.1) is 6.42 Å². The lowest BCUT2D eigenvalue weighted by atomic mass is 10.2. The molecule has 0 aromatic heterocycles. The van der Waals surface area contributed by atoms with Crippen LogP contribution >= 0.6 is 11.6 Å². The van der Waals surface area contributed by atoms with Crippen molar-refractivity contribution in [2.24, 2.45) is 0 Å². The van der Waals surface area contributed by atoms with E-state index in [-0.39, 0.29) is 12.2 Å². The molecule has 2 rings (SSSR count). The summed E-state index contributed by atoms with van der Waals surface area (Å²) in [5.41, 5.74) is 1.59. The first-order chi connectivity index (χ1) is 10.0. The number of rotatable bonds is 6. The normalized spacial score (nSPS) is 10.4. The molecule has 0 saturated heterocycles. The molecule has 0 spiro atoms. The molecule has 0 saturated carbocycles. The van der Waals surface area contributed by atoms with Crippen LogP contribution in [0.4, 0.5) is 10.1 Å². The largest absolute Gasteiger partial charge is 0.481 e. The molecule has 2 aromatic rings. The zero-order valence-corrected chi connectivity index (χ0v) is 12.1. The van der Waals surface area contributed by atoms with Crippen LogP contribution in [-0.2, 0) is 11.3 Å². The summed E-state index contributed by atoms with van der Waals surface area (Å²) in [5.74, 6) is -1.23. The Labute approximate surface area is 127 Å². The Kier molecular flexibility index (Phi) is 5.17. The highest BCUT2D eigenvalue weighted by Gasteiger charge is 2.10. The predicted octanol–water partition coefficient (Wildman–Crippen LogP) is 3.96. The maximum Gasteiger partial charge on any atom is 0.305 e. The van der Waals surface area contributed by atoms with Crippen molar-refractivity contribution in [2.45, 2.75) is 13.0 Å². The Bertz CT molecular complexity index is 633. The van der Waals surface area contributed by atoms with Gasteiger partial charge in [-0.05, 0) is 35.9 Å². The summed E-state index contributed by atoms with van der Waals surface area (Å²) >= 11 is 5.95. The first kappa shape index (κ1) is 15.3. The maximum absolute atomic E-state index is 13.4. The second-order valence-electron chi connectivity index (χ2n) is 4.68. The molecular weight excluding hydrogens is 293 g/mol. The molecule has 0 fully saturated rings. The number of hydrogen-bond acceptors (Lipinski definition) is 2. The highest BCUT2D eigenvalue weighted by molar-refractivity contribution is 6.30. The fourth-order valence-corrected chi connectivity index (χ4v) is 2.27. The van der Waals surface area contributed by atoms with Crippen molar-refractivity contribution < 1.29 is 14.3 Å². The SMILES string of the molecule is O=C(O)CCN(Cc1cccc(Cl)c1)c1cccc(F)c1. The van der Waals surface area contributed by atoms with Gasteiger partial charge in [0.2, 0.25) is 0 Å². The van der Waals surface area contributed by atoms with Crippen molar-refractivity contribution in [1.82, 2.24) is 0 Å². The summed E-state index contributed by atoms with van der Waals surface area (Å²) in [6, 6.07) is 13.4. The Morgan fingerprint density at radius 1 is 1.19 bits per heavy atom. The van der Waals surface area contributed by atoms with E-state index in [9.17, 15) is 9.18 Å². The van der Waals surface area contributed by atoms with Crippen LogP contribution in [0.1, 0.15) is 12.0 Å². The highest BCUT2D eigenvalue weighted by atomic mass is 35.5. The number of carboxylic acid groups (broad SMARTS) is 1. The van der Waals surface area contributed by atoms with E-state index in [2.05, 4.69) is 0 Å². The van der Waals surface area contributed by atoms with E-state index in [4.69, 9.17) is 16.7 Å². The van der Waals surface area contributed by atoms with Crippen molar-refractivity contribution in [3.05, 3.63) is 64.9 Å². The van der Waals surface area contributed by atoms with Crippen molar-refractivity contribution in [2.75, 3.05) is 11.4 Å². The molecule has 21 heavy (non-hydrogen) atoms. The topological polar surface area (TPSA) is 40.5 Å². The number of anilines is 1. The van der Waals surface area contributed by atoms with E-state index >= 15 is 0 Å². The first-order valence-corrected chi connectivity index (χ1v) is 6.89. The van der Waals surface area contributed by atoms with Gasteiger partial charge in [0.25, 0.3) is 0 Å². The molecule has 0 atom stereocenters. The lowest BCUT2D eigenvalue weighted by Crippen LogP contribution is -2.25. The van der Waals surface area contributed by atoms with Gasteiger partial charge in [0.15, 0.2) is 0 Å². The number of nitrogens with zero attached hydrogens (tertiary/aromatic N) is 1. The minimum Gasteiger partial charge on any atom is -0.481 e. The Balaban J connectivity index is 2.21. The number of carboxylic acids is 1. The number of aliphatic carboxylic acids is 1. The Morgan fingerprint density at radius 2 is 1.95 bits per heavy atom. The Hall–Kier alpha value is -2.07. The van der Waals surface area contributed by atoms with Crippen LogP contribution in [0.25, 0.3) is 0 Å². The molecule has 0 aliphatic heterocycles. The molecule has 3 nitrogen and oxygen atoms in total. The molecule has 0 unspecified atom stereocenters. The molecule has 1 N–H and O–H groups in total. The third kappa shape index (κ3) is 4.76. The monoisotopic (exact) mass is 307 g/mol. The minimum atomic E-state index is -0.887. The van der Waals surface area contributed by atoms with E-state index in [1.807, 2.05) is 23.1 Å². The molecule has 0 heterocycles. The van der Waals surface area contributed by atoms with E-state index in [1.165, 1.54) is 12.1 Å². The second-order valence-corrected chi connectivity index (χ2v) is 5.11. The van der Waals surface area contributed by atoms with Gasteiger partial charge < -0.3 is 10.0 Å². The number of carbonyl (C=O) groups is 1. The molecule has 5 heteroatoms.